The molecule has 0 saturated heterocycles. The number of aromatic nitrogens is 8. The third-order valence-corrected chi connectivity index (χ3v) is 5.20. The zero-order chi connectivity index (χ0) is 14.5. The van der Waals surface area contributed by atoms with E-state index in [4.69, 9.17) is 0 Å². The van der Waals surface area contributed by atoms with E-state index in [-0.39, 0.29) is 12.1 Å². The molecule has 8 nitrogen and oxygen atoms in total. The van der Waals surface area contributed by atoms with E-state index in [9.17, 15) is 0 Å². The van der Waals surface area contributed by atoms with Crippen molar-refractivity contribution in [2.24, 2.45) is 0 Å². The summed E-state index contributed by atoms with van der Waals surface area (Å²) in [5, 5.41) is 25.1. The average molecular weight is 314 g/mol. The Balaban J connectivity index is 2.06. The smallest absolute Gasteiger partial charge is 0.217 e. The second kappa shape index (κ2) is 7.02. The molecule has 2 rings (SSSR count). The zero-order valence-electron chi connectivity index (χ0n) is 12.0. The molecule has 2 aromatic rings. The first kappa shape index (κ1) is 15.2. The van der Waals surface area contributed by atoms with Crippen LogP contribution in [0.5, 0.6) is 0 Å². The molecule has 2 atom stereocenters. The Labute approximate surface area is 125 Å². The summed E-state index contributed by atoms with van der Waals surface area (Å²) >= 11 is 0. The standard InChI is InChI=1S/C10H18N8S2/c1-5-7(3)17-9(11-13-15-17)19-20-10-12-14-16-18(10)8(4)6-2/h7-8H,5-6H2,1-4H3. The fourth-order valence-corrected chi connectivity index (χ4v) is 3.43. The highest BCUT2D eigenvalue weighted by molar-refractivity contribution is 8.76. The highest BCUT2D eigenvalue weighted by Crippen LogP contribution is 2.36. The van der Waals surface area contributed by atoms with Gasteiger partial charge in [0.05, 0.1) is 12.1 Å². The highest BCUT2D eigenvalue weighted by atomic mass is 33.1. The van der Waals surface area contributed by atoms with Crippen molar-refractivity contribution >= 4 is 21.6 Å². The van der Waals surface area contributed by atoms with E-state index in [0.29, 0.717) is 0 Å². The first-order chi connectivity index (χ1) is 9.67. The van der Waals surface area contributed by atoms with Crippen LogP contribution in [0.1, 0.15) is 52.6 Å². The van der Waals surface area contributed by atoms with Crippen molar-refractivity contribution in [3.05, 3.63) is 0 Å². The summed E-state index contributed by atoms with van der Waals surface area (Å²) < 4.78 is 3.66. The lowest BCUT2D eigenvalue weighted by molar-refractivity contribution is 0.432. The Morgan fingerprint density at radius 3 is 1.60 bits per heavy atom. The van der Waals surface area contributed by atoms with Gasteiger partial charge in [0, 0.05) is 0 Å². The first-order valence-electron chi connectivity index (χ1n) is 6.57. The molecule has 0 aliphatic rings. The van der Waals surface area contributed by atoms with Crippen molar-refractivity contribution in [2.75, 3.05) is 0 Å². The topological polar surface area (TPSA) is 87.2 Å². The number of nitrogens with zero attached hydrogens (tertiary/aromatic N) is 8. The van der Waals surface area contributed by atoms with E-state index in [1.54, 1.807) is 0 Å². The molecule has 0 bridgehead atoms. The number of tetrazole rings is 2. The molecule has 2 heterocycles. The first-order valence-corrected chi connectivity index (χ1v) is 8.72. The molecular formula is C10H18N8S2. The molecule has 0 spiro atoms. The van der Waals surface area contributed by atoms with E-state index < -0.39 is 0 Å². The van der Waals surface area contributed by atoms with Gasteiger partial charge in [0.25, 0.3) is 0 Å². The molecule has 0 aromatic carbocycles. The highest BCUT2D eigenvalue weighted by Gasteiger charge is 2.16. The van der Waals surface area contributed by atoms with Gasteiger partial charge in [-0.25, -0.2) is 9.36 Å². The van der Waals surface area contributed by atoms with Crippen molar-refractivity contribution in [1.82, 2.24) is 40.4 Å². The second-order valence-electron chi connectivity index (χ2n) is 4.49. The fraction of sp³-hybridized carbons (Fsp3) is 0.800. The van der Waals surface area contributed by atoms with Gasteiger partial charge in [0.1, 0.15) is 0 Å². The Morgan fingerprint density at radius 2 is 1.25 bits per heavy atom. The molecule has 2 aromatic heterocycles. The molecule has 0 N–H and O–H groups in total. The molecule has 0 fully saturated rings. The van der Waals surface area contributed by atoms with Gasteiger partial charge in [-0.1, -0.05) is 13.8 Å². The van der Waals surface area contributed by atoms with E-state index in [2.05, 4.69) is 58.7 Å². The van der Waals surface area contributed by atoms with Gasteiger partial charge in [0.2, 0.25) is 10.3 Å². The summed E-state index contributed by atoms with van der Waals surface area (Å²) in [4.78, 5) is 0. The fourth-order valence-electron chi connectivity index (χ4n) is 1.45. The van der Waals surface area contributed by atoms with Crippen LogP contribution in [0.3, 0.4) is 0 Å². The van der Waals surface area contributed by atoms with Crippen molar-refractivity contribution < 1.29 is 0 Å². The molecular weight excluding hydrogens is 296 g/mol. The third kappa shape index (κ3) is 3.29. The van der Waals surface area contributed by atoms with E-state index in [0.717, 1.165) is 23.2 Å². The maximum Gasteiger partial charge on any atom is 0.220 e. The molecule has 20 heavy (non-hydrogen) atoms. The molecule has 0 aliphatic carbocycles. The van der Waals surface area contributed by atoms with Crippen LogP contribution in [0.15, 0.2) is 10.3 Å². The van der Waals surface area contributed by atoms with E-state index >= 15 is 0 Å². The minimum atomic E-state index is 0.277. The molecule has 0 amide bonds. The molecule has 110 valence electrons. The van der Waals surface area contributed by atoms with Gasteiger partial charge < -0.3 is 0 Å². The van der Waals surface area contributed by atoms with E-state index in [1.165, 1.54) is 21.6 Å². The Morgan fingerprint density at radius 1 is 0.850 bits per heavy atom. The number of rotatable bonds is 7. The maximum absolute atomic E-state index is 4.05. The maximum atomic E-state index is 4.05. The van der Waals surface area contributed by atoms with Gasteiger partial charge in [-0.05, 0) is 69.1 Å². The lowest BCUT2D eigenvalue weighted by Crippen LogP contribution is -2.08. The van der Waals surface area contributed by atoms with Crippen LogP contribution in [0.2, 0.25) is 0 Å². The summed E-state index contributed by atoms with van der Waals surface area (Å²) in [6, 6.07) is 0.553. The summed E-state index contributed by atoms with van der Waals surface area (Å²) in [5.74, 6) is 0. The minimum absolute atomic E-state index is 0.277. The minimum Gasteiger partial charge on any atom is -0.217 e. The van der Waals surface area contributed by atoms with Crippen molar-refractivity contribution in [1.29, 1.82) is 0 Å². The predicted octanol–water partition coefficient (Wildman–Crippen LogP) is 2.40. The predicted molar refractivity (Wildman–Crippen MR) is 77.4 cm³/mol. The van der Waals surface area contributed by atoms with Crippen LogP contribution in [0, 0.1) is 0 Å². The van der Waals surface area contributed by atoms with Gasteiger partial charge >= 0.3 is 0 Å². The van der Waals surface area contributed by atoms with Gasteiger partial charge in [-0.2, -0.15) is 0 Å². The van der Waals surface area contributed by atoms with Gasteiger partial charge in [-0.15, -0.1) is 10.2 Å². The Hall–Kier alpha value is -1.16. The zero-order valence-corrected chi connectivity index (χ0v) is 13.6. The third-order valence-electron chi connectivity index (χ3n) is 3.13. The Bertz CT molecular complexity index is 491. The van der Waals surface area contributed by atoms with Crippen molar-refractivity contribution in [2.45, 2.75) is 62.9 Å². The second-order valence-corrected chi connectivity index (χ2v) is 6.56. The van der Waals surface area contributed by atoms with Gasteiger partial charge in [0.15, 0.2) is 0 Å². The molecule has 0 radical (unpaired) electrons. The summed E-state index contributed by atoms with van der Waals surface area (Å²) in [6.45, 7) is 8.40. The van der Waals surface area contributed by atoms with Crippen LogP contribution in [0.4, 0.5) is 0 Å². The molecule has 0 saturated carbocycles. The largest absolute Gasteiger partial charge is 0.220 e. The van der Waals surface area contributed by atoms with Crippen LogP contribution >= 0.6 is 21.6 Å². The van der Waals surface area contributed by atoms with Crippen molar-refractivity contribution in [3.63, 3.8) is 0 Å². The van der Waals surface area contributed by atoms with Gasteiger partial charge in [-0.3, -0.25) is 0 Å². The quantitative estimate of drug-likeness (QED) is 0.720. The average Bonchev–Trinajstić information content (AvgIpc) is 3.11. The normalized spacial score (nSPS) is 14.4. The monoisotopic (exact) mass is 314 g/mol. The lowest BCUT2D eigenvalue weighted by Gasteiger charge is -2.11. The van der Waals surface area contributed by atoms with E-state index in [1.807, 2.05) is 9.36 Å². The number of hydrogen-bond acceptors (Lipinski definition) is 8. The van der Waals surface area contributed by atoms with Crippen molar-refractivity contribution in [3.8, 4) is 0 Å². The Kier molecular flexibility index (Phi) is 5.35. The molecule has 2 unspecified atom stereocenters. The number of hydrogen-bond donors (Lipinski definition) is 0. The van der Waals surface area contributed by atoms with Crippen LogP contribution < -0.4 is 0 Å². The SMILES string of the molecule is CCC(C)n1nnnc1SSc1nnnn1C(C)CC. The summed E-state index contributed by atoms with van der Waals surface area (Å²) in [7, 11) is 2.95. The molecule has 0 aliphatic heterocycles. The molecule has 10 heteroatoms. The lowest BCUT2D eigenvalue weighted by atomic mass is 10.3. The van der Waals surface area contributed by atoms with Crippen LogP contribution in [-0.4, -0.2) is 40.4 Å². The van der Waals surface area contributed by atoms with Crippen LogP contribution in [-0.2, 0) is 0 Å². The summed E-state index contributed by atoms with van der Waals surface area (Å²) in [6.07, 6.45) is 1.96. The summed E-state index contributed by atoms with van der Waals surface area (Å²) in [5.41, 5.74) is 0. The van der Waals surface area contributed by atoms with Crippen LogP contribution in [0.25, 0.3) is 0 Å².